The molecule has 2 N–H and O–H groups in total. The number of pyridine rings is 1. The molecule has 0 amide bonds. The molecule has 32 heavy (non-hydrogen) atoms. The molecule has 5 heteroatoms. The topological polar surface area (TPSA) is 70.2 Å². The third kappa shape index (κ3) is 3.05. The van der Waals surface area contributed by atoms with Crippen LogP contribution < -0.4 is 0 Å². The minimum Gasteiger partial charge on any atom is -0.342 e. The number of aromatic nitrogens is 5. The zero-order chi connectivity index (χ0) is 21.8. The lowest BCUT2D eigenvalue weighted by Crippen LogP contribution is -1.89. The van der Waals surface area contributed by atoms with E-state index in [9.17, 15) is 0 Å². The van der Waals surface area contributed by atoms with Crippen molar-refractivity contribution in [1.29, 1.82) is 0 Å². The van der Waals surface area contributed by atoms with Gasteiger partial charge in [-0.3, -0.25) is 4.98 Å². The van der Waals surface area contributed by atoms with Crippen molar-refractivity contribution in [3.8, 4) is 22.5 Å². The van der Waals surface area contributed by atoms with Crippen LogP contribution in [-0.4, -0.2) is 24.9 Å². The van der Waals surface area contributed by atoms with Crippen LogP contribution in [-0.2, 0) is 0 Å². The van der Waals surface area contributed by atoms with E-state index < -0.39 is 0 Å². The maximum Gasteiger partial charge on any atom is 0.109 e. The van der Waals surface area contributed by atoms with E-state index in [1.54, 1.807) is 0 Å². The molecule has 3 aromatic heterocycles. The summed E-state index contributed by atoms with van der Waals surface area (Å²) < 4.78 is 0. The summed E-state index contributed by atoms with van der Waals surface area (Å²) in [5, 5.41) is 4.60. The fourth-order valence-electron chi connectivity index (χ4n) is 4.33. The average Bonchev–Trinajstić information content (AvgIpc) is 3.44. The standard InChI is InChI=1S/C27H23N5/c1-15(2)27-29-14-25(32-27)20-5-4-17-12-24(28-13-21(17)11-20)19-6-8-22-18(10-19)7-9-23-26(22)31-16(3)30-23/h4-15H,1-3H3,(H,29,32)(H,30,31). The Hall–Kier alpha value is -3.99. The van der Waals surface area contributed by atoms with Crippen molar-refractivity contribution < 1.29 is 0 Å². The molecule has 0 saturated carbocycles. The molecule has 3 heterocycles. The molecule has 0 saturated heterocycles. The van der Waals surface area contributed by atoms with Gasteiger partial charge in [-0.05, 0) is 42.0 Å². The van der Waals surface area contributed by atoms with Crippen LogP contribution in [0.15, 0.2) is 67.0 Å². The number of hydrogen-bond donors (Lipinski definition) is 2. The van der Waals surface area contributed by atoms with Gasteiger partial charge in [0, 0.05) is 34.0 Å². The first kappa shape index (κ1) is 18.8. The minimum atomic E-state index is 0.378. The Bertz CT molecular complexity index is 1620. The first-order valence-electron chi connectivity index (χ1n) is 10.9. The van der Waals surface area contributed by atoms with Crippen molar-refractivity contribution in [2.45, 2.75) is 26.7 Å². The normalized spacial score (nSPS) is 11.9. The van der Waals surface area contributed by atoms with Gasteiger partial charge < -0.3 is 9.97 Å². The van der Waals surface area contributed by atoms with Crippen molar-refractivity contribution in [2.24, 2.45) is 0 Å². The summed E-state index contributed by atoms with van der Waals surface area (Å²) in [6.07, 6.45) is 3.86. The second-order valence-electron chi connectivity index (χ2n) is 8.69. The Morgan fingerprint density at radius 2 is 1.56 bits per heavy atom. The fourth-order valence-corrected chi connectivity index (χ4v) is 4.33. The lowest BCUT2D eigenvalue weighted by atomic mass is 10.0. The summed E-state index contributed by atoms with van der Waals surface area (Å²) in [7, 11) is 0. The Labute approximate surface area is 185 Å². The van der Waals surface area contributed by atoms with E-state index in [0.717, 1.165) is 56.0 Å². The Balaban J connectivity index is 1.39. The van der Waals surface area contributed by atoms with Crippen LogP contribution in [0, 0.1) is 6.92 Å². The number of rotatable bonds is 3. The molecule has 0 radical (unpaired) electrons. The first-order chi connectivity index (χ1) is 15.5. The molecule has 0 aliphatic carbocycles. The number of aryl methyl sites for hydroxylation is 1. The van der Waals surface area contributed by atoms with Gasteiger partial charge in [-0.25, -0.2) is 9.97 Å². The Morgan fingerprint density at radius 3 is 2.41 bits per heavy atom. The van der Waals surface area contributed by atoms with Crippen molar-refractivity contribution in [3.05, 3.63) is 78.6 Å². The van der Waals surface area contributed by atoms with Crippen molar-refractivity contribution in [2.75, 3.05) is 0 Å². The molecule has 0 bridgehead atoms. The van der Waals surface area contributed by atoms with Crippen LogP contribution in [0.1, 0.15) is 31.4 Å². The highest BCUT2D eigenvalue weighted by atomic mass is 14.9. The van der Waals surface area contributed by atoms with Gasteiger partial charge in [-0.15, -0.1) is 0 Å². The summed E-state index contributed by atoms with van der Waals surface area (Å²) in [5.74, 6) is 2.32. The predicted octanol–water partition coefficient (Wildman–Crippen LogP) is 6.75. The lowest BCUT2D eigenvalue weighted by Gasteiger charge is -2.07. The van der Waals surface area contributed by atoms with Crippen molar-refractivity contribution in [1.82, 2.24) is 24.9 Å². The molecule has 5 nitrogen and oxygen atoms in total. The number of aromatic amines is 2. The zero-order valence-corrected chi connectivity index (χ0v) is 18.3. The smallest absolute Gasteiger partial charge is 0.109 e. The van der Waals surface area contributed by atoms with Gasteiger partial charge in [0.25, 0.3) is 0 Å². The molecule has 0 atom stereocenters. The van der Waals surface area contributed by atoms with Crippen molar-refractivity contribution in [3.63, 3.8) is 0 Å². The Kier molecular flexibility index (Phi) is 4.12. The van der Waals surface area contributed by atoms with Crippen LogP contribution in [0.2, 0.25) is 0 Å². The van der Waals surface area contributed by atoms with Gasteiger partial charge in [0.2, 0.25) is 0 Å². The molecule has 3 aromatic carbocycles. The van der Waals surface area contributed by atoms with Gasteiger partial charge >= 0.3 is 0 Å². The summed E-state index contributed by atoms with van der Waals surface area (Å²) >= 11 is 0. The minimum absolute atomic E-state index is 0.378. The van der Waals surface area contributed by atoms with Gasteiger partial charge in [0.1, 0.15) is 11.6 Å². The highest BCUT2D eigenvalue weighted by Gasteiger charge is 2.10. The lowest BCUT2D eigenvalue weighted by molar-refractivity contribution is 0.795. The van der Waals surface area contributed by atoms with Crippen LogP contribution >= 0.6 is 0 Å². The second-order valence-corrected chi connectivity index (χ2v) is 8.69. The SMILES string of the molecule is Cc1nc2c(ccc3cc(-c4cc5ccc(-c6cnc(C(C)C)[nH]6)cc5cn4)ccc32)[nH]1. The first-order valence-corrected chi connectivity index (χ1v) is 10.9. The Morgan fingerprint density at radius 1 is 0.750 bits per heavy atom. The molecular formula is C27H23N5. The number of hydrogen-bond acceptors (Lipinski definition) is 3. The molecule has 6 aromatic rings. The van der Waals surface area contributed by atoms with Crippen molar-refractivity contribution >= 4 is 32.6 Å². The zero-order valence-electron chi connectivity index (χ0n) is 18.3. The van der Waals surface area contributed by atoms with E-state index in [4.69, 9.17) is 4.98 Å². The highest BCUT2D eigenvalue weighted by Crippen LogP contribution is 2.30. The van der Waals surface area contributed by atoms with Crippen LogP contribution in [0.5, 0.6) is 0 Å². The molecule has 156 valence electrons. The fraction of sp³-hybridized carbons (Fsp3) is 0.148. The van der Waals surface area contributed by atoms with Crippen LogP contribution in [0.25, 0.3) is 55.1 Å². The highest BCUT2D eigenvalue weighted by molar-refractivity contribution is 6.05. The van der Waals surface area contributed by atoms with Crippen LogP contribution in [0.3, 0.4) is 0 Å². The van der Waals surface area contributed by atoms with E-state index >= 15 is 0 Å². The molecular weight excluding hydrogens is 394 g/mol. The third-order valence-corrected chi connectivity index (χ3v) is 6.06. The quantitative estimate of drug-likeness (QED) is 0.334. The summed E-state index contributed by atoms with van der Waals surface area (Å²) in [5.41, 5.74) is 6.31. The maximum absolute atomic E-state index is 4.77. The largest absolute Gasteiger partial charge is 0.342 e. The molecule has 0 fully saturated rings. The molecule has 0 unspecified atom stereocenters. The van der Waals surface area contributed by atoms with E-state index in [0.29, 0.717) is 5.92 Å². The molecule has 0 aliphatic rings. The van der Waals surface area contributed by atoms with E-state index in [1.165, 1.54) is 10.8 Å². The monoisotopic (exact) mass is 417 g/mol. The van der Waals surface area contributed by atoms with Gasteiger partial charge in [0.15, 0.2) is 0 Å². The number of nitrogens with one attached hydrogen (secondary N) is 2. The number of benzene rings is 3. The number of imidazole rings is 2. The molecule has 6 rings (SSSR count). The maximum atomic E-state index is 4.77. The van der Waals surface area contributed by atoms with Crippen LogP contribution in [0.4, 0.5) is 0 Å². The summed E-state index contributed by atoms with van der Waals surface area (Å²) in [6.45, 7) is 6.26. The number of nitrogens with zero attached hydrogens (tertiary/aromatic N) is 3. The number of fused-ring (bicyclic) bond motifs is 4. The van der Waals surface area contributed by atoms with Gasteiger partial charge in [-0.2, -0.15) is 0 Å². The van der Waals surface area contributed by atoms with E-state index in [1.807, 2.05) is 19.3 Å². The third-order valence-electron chi connectivity index (χ3n) is 6.06. The molecule has 0 spiro atoms. The summed E-state index contributed by atoms with van der Waals surface area (Å²) in [6, 6.07) is 19.3. The average molecular weight is 418 g/mol. The van der Waals surface area contributed by atoms with Gasteiger partial charge in [-0.1, -0.05) is 44.2 Å². The predicted molar refractivity (Wildman–Crippen MR) is 131 cm³/mol. The van der Waals surface area contributed by atoms with E-state index in [2.05, 4.69) is 88.4 Å². The summed E-state index contributed by atoms with van der Waals surface area (Å²) in [4.78, 5) is 20.6. The number of H-pyrrole nitrogens is 2. The molecule has 0 aliphatic heterocycles. The second kappa shape index (κ2) is 7.02. The van der Waals surface area contributed by atoms with Gasteiger partial charge in [0.05, 0.1) is 28.6 Å². The van der Waals surface area contributed by atoms with E-state index in [-0.39, 0.29) is 0 Å².